The molecule has 447 valence electrons. The number of hydrogen-bond acceptors (Lipinski definition) is 18. The Kier molecular flexibility index (Phi) is 20.3. The summed E-state index contributed by atoms with van der Waals surface area (Å²) in [7, 11) is 2.89. The molecule has 9 atom stereocenters. The number of carbonyl (C=O) groups excluding carboxylic acids is 8. The minimum Gasteiger partial charge on any atom is -0.507 e. The summed E-state index contributed by atoms with van der Waals surface area (Å²) < 4.78 is 24.6. The van der Waals surface area contributed by atoms with Gasteiger partial charge in [0.1, 0.15) is 52.7 Å². The largest absolute Gasteiger partial charge is 0.507 e. The monoisotopic (exact) mass is 1240 g/mol. The van der Waals surface area contributed by atoms with E-state index in [-0.39, 0.29) is 129 Å². The first-order valence-electron chi connectivity index (χ1n) is 27.3. The fraction of sp³-hybridized carbons (Fsp3) is 0.387. The summed E-state index contributed by atoms with van der Waals surface area (Å²) in [4.78, 5) is 115. The van der Waals surface area contributed by atoms with Crippen molar-refractivity contribution < 1.29 is 116 Å². The van der Waals surface area contributed by atoms with Crippen LogP contribution in [0.4, 0.5) is 0 Å². The van der Waals surface area contributed by atoms with E-state index in [4.69, 9.17) is 24.7 Å². The summed E-state index contributed by atoms with van der Waals surface area (Å²) >= 11 is 0. The minimum absolute atomic E-state index is 0. The Hall–Kier alpha value is -7.76. The number of aryl methyl sites for hydroxylation is 3. The number of benzene rings is 5. The molecule has 0 unspecified atom stereocenters. The van der Waals surface area contributed by atoms with E-state index in [2.05, 4.69) is 21.3 Å². The number of fused-ring (bicyclic) bond motifs is 15. The van der Waals surface area contributed by atoms with Crippen LogP contribution in [0.3, 0.4) is 0 Å². The van der Waals surface area contributed by atoms with E-state index in [1.165, 1.54) is 88.5 Å². The fourth-order valence-corrected chi connectivity index (χ4v) is 11.3. The first kappa shape index (κ1) is 64.8. The van der Waals surface area contributed by atoms with Gasteiger partial charge in [0.05, 0.1) is 31.1 Å². The molecule has 23 heteroatoms. The Morgan fingerprint density at radius 2 is 1.32 bits per heavy atom. The van der Waals surface area contributed by atoms with Crippen molar-refractivity contribution in [3.63, 3.8) is 0 Å². The maximum atomic E-state index is 15.8. The van der Waals surface area contributed by atoms with E-state index in [1.807, 2.05) is 13.8 Å². The molecule has 5 aliphatic rings. The molecular formula is C62H69N5O17Y. The van der Waals surface area contributed by atoms with Crippen molar-refractivity contribution in [1.82, 2.24) is 21.3 Å². The number of Topliss-reactive ketones (excluding diaryl/α,β-unsaturated/α-hetero) is 3. The third-order valence-corrected chi connectivity index (χ3v) is 15.9. The summed E-state index contributed by atoms with van der Waals surface area (Å²) in [6, 6.07) is 10.1. The van der Waals surface area contributed by atoms with Gasteiger partial charge in [0.2, 0.25) is 35.6 Å². The third kappa shape index (κ3) is 13.4. The second kappa shape index (κ2) is 26.7. The molecule has 0 saturated heterocycles. The Balaban J connectivity index is 0.0000104. The van der Waals surface area contributed by atoms with Crippen LogP contribution in [0.15, 0.2) is 60.7 Å². The van der Waals surface area contributed by atoms with Crippen molar-refractivity contribution in [1.29, 1.82) is 0 Å². The summed E-state index contributed by atoms with van der Waals surface area (Å²) in [6.07, 6.45) is -8.23. The SMILES string of the molecule is CN[C@H](CC(C)C)C(=O)N[C@H]1C(=O)C[C@@H](CC(N)=O)C(=O)N[C@H]2C(=O)C[C@@H]3C(=O)C[C@H](C(=O)N[C@H](OC=O)c4c(C)c(O)c(C)c(O)c4-c4cc3cc(C)c4O)[C@H](O)c3ccc(c(C)c3)Oc3cc2cc(c3OC)Oc2ccc(cc2C)[C@H]1O.[Y]. The van der Waals surface area contributed by atoms with Gasteiger partial charge in [-0.25, -0.2) is 0 Å². The topological polar surface area (TPSA) is 349 Å². The van der Waals surface area contributed by atoms with E-state index >= 15 is 14.4 Å². The second-order valence-electron chi connectivity index (χ2n) is 22.2. The molecule has 11 N–H and O–H groups in total. The number of nitrogens with one attached hydrogen (secondary N) is 4. The van der Waals surface area contributed by atoms with Gasteiger partial charge in [-0.2, -0.15) is 0 Å². The number of hydrogen-bond donors (Lipinski definition) is 10. The zero-order chi connectivity index (χ0) is 61.3. The van der Waals surface area contributed by atoms with Crippen LogP contribution >= 0.6 is 0 Å². The molecule has 0 spiro atoms. The number of primary amides is 1. The number of aromatic hydroxyl groups is 3. The van der Waals surface area contributed by atoms with Crippen LogP contribution in [0.2, 0.25) is 0 Å². The molecule has 5 aromatic carbocycles. The minimum atomic E-state index is -1.85. The first-order chi connectivity index (χ1) is 39.8. The number of phenolic OH excluding ortho intramolecular Hbond substituents is 3. The number of methoxy groups -OCH3 is 1. The van der Waals surface area contributed by atoms with E-state index in [9.17, 15) is 49.5 Å². The van der Waals surface area contributed by atoms with Crippen molar-refractivity contribution in [3.8, 4) is 57.1 Å². The maximum Gasteiger partial charge on any atom is 0.295 e. The van der Waals surface area contributed by atoms with Gasteiger partial charge in [-0.05, 0) is 135 Å². The standard InChI is InChI=1S/C62H69N5O17.Y/c1-26(2)14-40(64-8)61(80)66-52-42(70)19-36(22-48(63)72)59(78)65-51-35-20-46(58(81-9)47(21-35)84-45-13-11-33(57(52)77)16-28(45)4)83-44-12-10-32(15-27(44)3)56(76)39-24-41(69)37(23-43(51)71)34-17-29(5)53(73)38(18-34)50-49(62(82-25-68)67-60(39)79)30(6)54(74)31(7)55(50)75;/h10-13,15-18,20-21,25-26,36-37,39-40,51-52,56-57,62,64,73-77H,14,19,22-24H2,1-9H3,(H2,63,72)(H,65,78)(H,66,80)(H,67,79);/t36-,37-,39-,40+,51+,52-,56+,57+,62+;/m0./s1. The molecule has 0 saturated carbocycles. The number of aliphatic hydroxyl groups excluding tert-OH is 2. The number of phenols is 3. The Morgan fingerprint density at radius 3 is 1.87 bits per heavy atom. The van der Waals surface area contributed by atoms with E-state index < -0.39 is 138 Å². The van der Waals surface area contributed by atoms with Crippen LogP contribution in [0.25, 0.3) is 11.1 Å². The molecule has 1 radical (unpaired) electrons. The number of likely N-dealkylation sites (N-methyl/N-ethyl adjacent to an activating group) is 1. The molecular weight excluding hydrogens is 1180 g/mol. The summed E-state index contributed by atoms with van der Waals surface area (Å²) in [5, 5.41) is 70.6. The quantitative estimate of drug-likeness (QED) is 0.0712. The molecule has 5 heterocycles. The zero-order valence-corrected chi connectivity index (χ0v) is 51.3. The maximum absolute atomic E-state index is 15.8. The predicted octanol–water partition coefficient (Wildman–Crippen LogP) is 6.04. The Morgan fingerprint density at radius 1 is 0.718 bits per heavy atom. The van der Waals surface area contributed by atoms with Gasteiger partial charge in [0.15, 0.2) is 23.1 Å². The normalized spacial score (nSPS) is 21.9. The van der Waals surface area contributed by atoms with Gasteiger partial charge in [-0.1, -0.05) is 32.0 Å². The van der Waals surface area contributed by atoms with Crippen molar-refractivity contribution in [2.24, 2.45) is 23.5 Å². The average molecular weight is 1250 g/mol. The molecule has 4 amide bonds. The van der Waals surface area contributed by atoms with E-state index in [0.717, 1.165) is 0 Å². The number of rotatable bonds is 10. The van der Waals surface area contributed by atoms with Crippen molar-refractivity contribution in [2.45, 2.75) is 123 Å². The summed E-state index contributed by atoms with van der Waals surface area (Å²) in [5.74, 6) is -12.8. The van der Waals surface area contributed by atoms with E-state index in [1.54, 1.807) is 20.9 Å². The number of aliphatic hydroxyl groups is 2. The molecule has 11 bridgehead atoms. The molecule has 0 fully saturated rings. The van der Waals surface area contributed by atoms with Crippen LogP contribution < -0.4 is 41.2 Å². The molecule has 5 aromatic rings. The van der Waals surface area contributed by atoms with Crippen LogP contribution in [0.5, 0.6) is 46.0 Å². The molecule has 10 rings (SSSR count). The predicted molar refractivity (Wildman–Crippen MR) is 302 cm³/mol. The van der Waals surface area contributed by atoms with Crippen LogP contribution in [0, 0.1) is 52.4 Å². The second-order valence-corrected chi connectivity index (χ2v) is 22.2. The number of ether oxygens (including phenoxy) is 4. The van der Waals surface area contributed by atoms with Crippen molar-refractivity contribution in [2.75, 3.05) is 14.2 Å². The Labute approximate surface area is 515 Å². The van der Waals surface area contributed by atoms with Gasteiger partial charge in [0.25, 0.3) is 6.47 Å². The smallest absolute Gasteiger partial charge is 0.295 e. The summed E-state index contributed by atoms with van der Waals surface area (Å²) in [5.41, 5.74) is 6.20. The van der Waals surface area contributed by atoms with Crippen LogP contribution in [-0.2, 0) is 75.8 Å². The van der Waals surface area contributed by atoms with Crippen LogP contribution in [0.1, 0.15) is 132 Å². The van der Waals surface area contributed by atoms with Gasteiger partial charge in [0, 0.05) is 92.1 Å². The number of amides is 4. The first-order valence-corrected chi connectivity index (χ1v) is 27.3. The van der Waals surface area contributed by atoms with E-state index in [0.29, 0.717) is 17.5 Å². The van der Waals surface area contributed by atoms with Gasteiger partial charge in [-0.15, -0.1) is 0 Å². The molecule has 5 aliphatic heterocycles. The molecule has 22 nitrogen and oxygen atoms in total. The number of carbonyl (C=O) groups is 8. The molecule has 0 aliphatic carbocycles. The van der Waals surface area contributed by atoms with Crippen molar-refractivity contribution in [3.05, 3.63) is 116 Å². The van der Waals surface area contributed by atoms with Crippen LogP contribution in [-0.4, -0.2) is 99.2 Å². The third-order valence-electron chi connectivity index (χ3n) is 15.9. The number of nitrogens with two attached hydrogens (primary N) is 1. The van der Waals surface area contributed by atoms with Gasteiger partial charge < -0.3 is 71.5 Å². The summed E-state index contributed by atoms with van der Waals surface area (Å²) in [6.45, 7) is 11.3. The average Bonchev–Trinajstić information content (AvgIpc) is 1.27. The van der Waals surface area contributed by atoms with Gasteiger partial charge in [-0.3, -0.25) is 38.4 Å². The molecule has 85 heavy (non-hydrogen) atoms. The Bertz CT molecular complexity index is 3510. The zero-order valence-electron chi connectivity index (χ0n) is 48.4. The van der Waals surface area contributed by atoms with Gasteiger partial charge >= 0.3 is 0 Å². The fourth-order valence-electron chi connectivity index (χ4n) is 11.3. The molecule has 0 aromatic heterocycles. The van der Waals surface area contributed by atoms with Crippen molar-refractivity contribution >= 4 is 47.5 Å². The number of ketones is 3.